The van der Waals surface area contributed by atoms with Crippen LogP contribution in [0, 0.1) is 17.8 Å². The molecule has 13 heavy (non-hydrogen) atoms. The molecular weight excluding hydrogens is 163 g/mol. The fourth-order valence-electron chi connectivity index (χ4n) is 2.92. The van der Waals surface area contributed by atoms with Crippen LogP contribution < -0.4 is 0 Å². The first-order chi connectivity index (χ1) is 6.31. The van der Waals surface area contributed by atoms with Gasteiger partial charge in [-0.1, -0.05) is 12.5 Å². The molecule has 0 aromatic heterocycles. The van der Waals surface area contributed by atoms with E-state index in [2.05, 4.69) is 6.07 Å². The van der Waals surface area contributed by atoms with E-state index in [0.717, 1.165) is 11.5 Å². The Morgan fingerprint density at radius 3 is 3.08 bits per heavy atom. The second kappa shape index (κ2) is 2.34. The van der Waals surface area contributed by atoms with Gasteiger partial charge in [0.2, 0.25) is 0 Å². The normalized spacial score (nSPS) is 35.9. The number of halogens is 1. The van der Waals surface area contributed by atoms with Crippen molar-refractivity contribution in [3.63, 3.8) is 0 Å². The fraction of sp³-hybridized carbons (Fsp3) is 0.500. The van der Waals surface area contributed by atoms with Crippen molar-refractivity contribution in [1.29, 1.82) is 0 Å². The van der Waals surface area contributed by atoms with E-state index < -0.39 is 0 Å². The number of hydrogen-bond donors (Lipinski definition) is 0. The highest BCUT2D eigenvalue weighted by molar-refractivity contribution is 5.34. The van der Waals surface area contributed by atoms with Crippen LogP contribution in [0.3, 0.4) is 0 Å². The second-order valence-electron chi connectivity index (χ2n) is 4.37. The summed E-state index contributed by atoms with van der Waals surface area (Å²) in [4.78, 5) is 0. The van der Waals surface area contributed by atoms with E-state index in [1.807, 2.05) is 0 Å². The summed E-state index contributed by atoms with van der Waals surface area (Å²) in [5.41, 5.74) is 1.47. The molecule has 1 aromatic carbocycles. The highest BCUT2D eigenvalue weighted by Gasteiger charge is 2.57. The van der Waals surface area contributed by atoms with Crippen LogP contribution in [-0.4, -0.2) is 0 Å². The lowest BCUT2D eigenvalue weighted by Gasteiger charge is -2.11. The molecule has 0 aliphatic heterocycles. The molecule has 2 aliphatic rings. The largest absolute Gasteiger partial charge is 0.207 e. The summed E-state index contributed by atoms with van der Waals surface area (Å²) in [6.07, 6.45) is 5.17. The predicted octanol–water partition coefficient (Wildman–Crippen LogP) is 3.07. The van der Waals surface area contributed by atoms with Gasteiger partial charge in [0.05, 0.1) is 0 Å². The van der Waals surface area contributed by atoms with Gasteiger partial charge in [-0.25, -0.2) is 4.39 Å². The molecule has 0 bridgehead atoms. The smallest absolute Gasteiger partial charge is 0.123 e. The lowest BCUT2D eigenvalue weighted by molar-refractivity contribution is 0.608. The van der Waals surface area contributed by atoms with Crippen LogP contribution in [-0.2, 0) is 5.41 Å². The average molecular weight is 175 g/mol. The van der Waals surface area contributed by atoms with Crippen LogP contribution in [0.5, 0.6) is 0 Å². The molecule has 0 nitrogen and oxygen atoms in total. The van der Waals surface area contributed by atoms with Crippen molar-refractivity contribution in [2.24, 2.45) is 5.92 Å². The highest BCUT2D eigenvalue weighted by Crippen LogP contribution is 2.64. The number of benzene rings is 1. The maximum Gasteiger partial charge on any atom is 0.123 e. The molecule has 2 atom stereocenters. The molecule has 0 saturated heterocycles. The van der Waals surface area contributed by atoms with E-state index >= 15 is 0 Å². The third-order valence-electron chi connectivity index (χ3n) is 3.71. The minimum atomic E-state index is -0.110. The molecule has 67 valence electrons. The monoisotopic (exact) mass is 175 g/mol. The maximum absolute atomic E-state index is 13.0. The minimum Gasteiger partial charge on any atom is -0.207 e. The molecule has 1 radical (unpaired) electrons. The summed E-state index contributed by atoms with van der Waals surface area (Å²) in [5.74, 6) is 0.728. The van der Waals surface area contributed by atoms with Gasteiger partial charge < -0.3 is 0 Å². The molecular formula is C12H12F. The van der Waals surface area contributed by atoms with Crippen LogP contribution in [0.25, 0.3) is 0 Å². The quantitative estimate of drug-likeness (QED) is 0.615. The molecule has 0 amide bonds. The Labute approximate surface area is 77.8 Å². The zero-order chi connectivity index (χ0) is 8.89. The minimum absolute atomic E-state index is 0.110. The Hall–Kier alpha value is -0.850. The van der Waals surface area contributed by atoms with Crippen molar-refractivity contribution in [3.05, 3.63) is 35.6 Å². The van der Waals surface area contributed by atoms with Crippen LogP contribution in [0.1, 0.15) is 31.2 Å². The van der Waals surface area contributed by atoms with Gasteiger partial charge in [-0.2, -0.15) is 0 Å². The molecule has 1 aromatic rings. The Morgan fingerprint density at radius 1 is 1.54 bits per heavy atom. The molecule has 2 aliphatic carbocycles. The van der Waals surface area contributed by atoms with Crippen molar-refractivity contribution in [2.45, 2.75) is 31.1 Å². The number of rotatable bonds is 1. The first kappa shape index (κ1) is 7.54. The third-order valence-corrected chi connectivity index (χ3v) is 3.71. The maximum atomic E-state index is 13.0. The standard InChI is InChI=1S/C12H12F/c13-11-5-1-3-9(7-11)12-6-2-4-10(12)8-12/h1,5,7,10H,2,4,6,8H2. The highest BCUT2D eigenvalue weighted by atomic mass is 19.1. The zero-order valence-corrected chi connectivity index (χ0v) is 7.52. The molecule has 0 N–H and O–H groups in total. The molecule has 0 spiro atoms. The molecule has 2 fully saturated rings. The third kappa shape index (κ3) is 0.962. The zero-order valence-electron chi connectivity index (χ0n) is 7.52. The van der Waals surface area contributed by atoms with E-state index in [9.17, 15) is 4.39 Å². The predicted molar refractivity (Wildman–Crippen MR) is 48.9 cm³/mol. The summed E-state index contributed by atoms with van der Waals surface area (Å²) in [6.45, 7) is 0. The lowest BCUT2D eigenvalue weighted by atomic mass is 9.93. The van der Waals surface area contributed by atoms with Crippen LogP contribution in [0.15, 0.2) is 18.2 Å². The Kier molecular flexibility index (Phi) is 1.36. The first-order valence-corrected chi connectivity index (χ1v) is 4.99. The Balaban J connectivity index is 2.01. The fourth-order valence-corrected chi connectivity index (χ4v) is 2.92. The molecule has 3 rings (SSSR count). The van der Waals surface area contributed by atoms with Crippen LogP contribution >= 0.6 is 0 Å². The van der Waals surface area contributed by atoms with Gasteiger partial charge in [-0.3, -0.25) is 0 Å². The van der Waals surface area contributed by atoms with E-state index in [4.69, 9.17) is 0 Å². The Morgan fingerprint density at radius 2 is 2.46 bits per heavy atom. The SMILES string of the molecule is Fc1cc[c]c(C23CCCC2C3)c1. The summed E-state index contributed by atoms with van der Waals surface area (Å²) in [6, 6.07) is 8.06. The van der Waals surface area contributed by atoms with Crippen LogP contribution in [0.4, 0.5) is 4.39 Å². The summed E-state index contributed by atoms with van der Waals surface area (Å²) >= 11 is 0. The number of hydrogen-bond acceptors (Lipinski definition) is 0. The van der Waals surface area contributed by atoms with Gasteiger partial charge >= 0.3 is 0 Å². The lowest BCUT2D eigenvalue weighted by Crippen LogP contribution is -2.05. The number of fused-ring (bicyclic) bond motifs is 1. The molecule has 2 saturated carbocycles. The Bertz CT molecular complexity index is 345. The topological polar surface area (TPSA) is 0 Å². The summed E-state index contributed by atoms with van der Waals surface area (Å²) in [7, 11) is 0. The van der Waals surface area contributed by atoms with Crippen molar-refractivity contribution in [2.75, 3.05) is 0 Å². The second-order valence-corrected chi connectivity index (χ2v) is 4.37. The van der Waals surface area contributed by atoms with Gasteiger partial charge in [0, 0.05) is 0 Å². The van der Waals surface area contributed by atoms with Gasteiger partial charge in [-0.15, -0.1) is 0 Å². The van der Waals surface area contributed by atoms with Crippen LogP contribution in [0.2, 0.25) is 0 Å². The van der Waals surface area contributed by atoms with E-state index in [1.54, 1.807) is 12.1 Å². The van der Waals surface area contributed by atoms with Crippen molar-refractivity contribution in [3.8, 4) is 0 Å². The van der Waals surface area contributed by atoms with Gasteiger partial charge in [0.1, 0.15) is 5.82 Å². The van der Waals surface area contributed by atoms with E-state index in [1.165, 1.54) is 31.7 Å². The summed E-state index contributed by atoms with van der Waals surface area (Å²) < 4.78 is 13.0. The molecule has 2 unspecified atom stereocenters. The molecule has 1 heteroatoms. The first-order valence-electron chi connectivity index (χ1n) is 4.99. The van der Waals surface area contributed by atoms with E-state index in [0.29, 0.717) is 5.41 Å². The van der Waals surface area contributed by atoms with Crippen molar-refractivity contribution < 1.29 is 4.39 Å². The van der Waals surface area contributed by atoms with Crippen molar-refractivity contribution in [1.82, 2.24) is 0 Å². The van der Waals surface area contributed by atoms with Crippen molar-refractivity contribution >= 4 is 0 Å². The summed E-state index contributed by atoms with van der Waals surface area (Å²) in [5, 5.41) is 0. The average Bonchev–Trinajstić information content (AvgIpc) is 2.70. The van der Waals surface area contributed by atoms with Gasteiger partial charge in [0.25, 0.3) is 0 Å². The van der Waals surface area contributed by atoms with Gasteiger partial charge in [0.15, 0.2) is 0 Å². The van der Waals surface area contributed by atoms with Gasteiger partial charge in [-0.05, 0) is 54.4 Å². The molecule has 0 heterocycles. The van der Waals surface area contributed by atoms with E-state index in [-0.39, 0.29) is 5.82 Å².